The van der Waals surface area contributed by atoms with Crippen LogP contribution in [0, 0.1) is 5.92 Å². The van der Waals surface area contributed by atoms with Crippen molar-refractivity contribution >= 4 is 21.1 Å². The topological polar surface area (TPSA) is 85.1 Å². The van der Waals surface area contributed by atoms with Crippen molar-refractivity contribution in [2.75, 3.05) is 0 Å². The standard InChI is InChI=1S/C13H17N3O3S/c1-10(2)13(17)8-5-9-20(18,19)16-14-11-6-3-4-7-12(11)15-16/h3-7,9-10,13,17H,8H2,1-2H3/b9-5+. The number of aliphatic hydroxyl groups is 1. The maximum atomic E-state index is 12.0. The van der Waals surface area contributed by atoms with Crippen LogP contribution in [-0.4, -0.2) is 34.0 Å². The molecule has 108 valence electrons. The summed E-state index contributed by atoms with van der Waals surface area (Å²) in [6.45, 7) is 3.74. The second-order valence-electron chi connectivity index (χ2n) is 4.88. The van der Waals surface area contributed by atoms with E-state index >= 15 is 0 Å². The average molecular weight is 295 g/mol. The Hall–Kier alpha value is -1.73. The highest BCUT2D eigenvalue weighted by Gasteiger charge is 2.14. The van der Waals surface area contributed by atoms with E-state index in [1.165, 1.54) is 6.08 Å². The van der Waals surface area contributed by atoms with Crippen LogP contribution < -0.4 is 0 Å². The molecule has 0 bridgehead atoms. The van der Waals surface area contributed by atoms with Gasteiger partial charge in [-0.1, -0.05) is 36.3 Å². The number of nitrogens with zero attached hydrogens (tertiary/aromatic N) is 3. The minimum atomic E-state index is -3.74. The lowest BCUT2D eigenvalue weighted by Crippen LogP contribution is -2.15. The molecule has 0 radical (unpaired) electrons. The molecular weight excluding hydrogens is 278 g/mol. The summed E-state index contributed by atoms with van der Waals surface area (Å²) in [5.74, 6) is 0.0766. The Kier molecular flexibility index (Phi) is 4.20. The predicted octanol–water partition coefficient (Wildman–Crippen LogP) is 1.53. The lowest BCUT2D eigenvalue weighted by Gasteiger charge is -2.10. The molecule has 0 spiro atoms. The predicted molar refractivity (Wildman–Crippen MR) is 76.4 cm³/mol. The number of rotatable bonds is 5. The van der Waals surface area contributed by atoms with Crippen molar-refractivity contribution in [2.45, 2.75) is 26.4 Å². The summed E-state index contributed by atoms with van der Waals surface area (Å²) in [6.07, 6.45) is 1.14. The van der Waals surface area contributed by atoms with Crippen LogP contribution in [0.1, 0.15) is 20.3 Å². The van der Waals surface area contributed by atoms with E-state index in [1.54, 1.807) is 24.3 Å². The number of aliphatic hydroxyl groups excluding tert-OH is 1. The first kappa shape index (κ1) is 14.7. The average Bonchev–Trinajstić information content (AvgIpc) is 2.82. The van der Waals surface area contributed by atoms with Gasteiger partial charge in [-0.25, -0.2) is 0 Å². The summed E-state index contributed by atoms with van der Waals surface area (Å²) in [7, 11) is -3.74. The molecular formula is C13H17N3O3S. The Bertz CT molecular complexity index is 686. The smallest absolute Gasteiger partial charge is 0.291 e. The van der Waals surface area contributed by atoms with Crippen LogP contribution >= 0.6 is 0 Å². The third-order valence-corrected chi connectivity index (χ3v) is 4.07. The number of benzene rings is 1. The first-order valence-electron chi connectivity index (χ1n) is 6.32. The van der Waals surface area contributed by atoms with Gasteiger partial charge in [-0.05, 0) is 24.5 Å². The molecule has 1 aromatic carbocycles. The summed E-state index contributed by atoms with van der Waals surface area (Å²) in [4.78, 5) is 0. The molecule has 20 heavy (non-hydrogen) atoms. The lowest BCUT2D eigenvalue weighted by atomic mass is 10.1. The molecule has 0 aliphatic rings. The van der Waals surface area contributed by atoms with Crippen LogP contribution in [0.4, 0.5) is 0 Å². The minimum Gasteiger partial charge on any atom is -0.393 e. The van der Waals surface area contributed by atoms with E-state index in [0.717, 1.165) is 5.41 Å². The van der Waals surface area contributed by atoms with Gasteiger partial charge >= 0.3 is 0 Å². The van der Waals surface area contributed by atoms with Crippen LogP contribution in [0.3, 0.4) is 0 Å². The van der Waals surface area contributed by atoms with Crippen molar-refractivity contribution in [1.29, 1.82) is 0 Å². The number of hydrogen-bond donors (Lipinski definition) is 1. The molecule has 0 saturated carbocycles. The fourth-order valence-electron chi connectivity index (χ4n) is 1.60. The summed E-state index contributed by atoms with van der Waals surface area (Å²) in [6, 6.07) is 6.92. The van der Waals surface area contributed by atoms with E-state index in [9.17, 15) is 13.5 Å². The normalized spacial score (nSPS) is 14.4. The molecule has 2 rings (SSSR count). The molecule has 1 atom stereocenters. The number of fused-ring (bicyclic) bond motifs is 1. The highest BCUT2D eigenvalue weighted by molar-refractivity contribution is 7.92. The van der Waals surface area contributed by atoms with Crippen molar-refractivity contribution in [3.63, 3.8) is 0 Å². The molecule has 0 aliphatic carbocycles. The molecule has 2 aromatic rings. The fourth-order valence-corrected chi connectivity index (χ4v) is 2.46. The van der Waals surface area contributed by atoms with Crippen LogP contribution in [0.2, 0.25) is 0 Å². The van der Waals surface area contributed by atoms with Crippen molar-refractivity contribution in [1.82, 2.24) is 14.4 Å². The summed E-state index contributed by atoms with van der Waals surface area (Å²) in [5, 5.41) is 18.5. The van der Waals surface area contributed by atoms with Gasteiger partial charge in [-0.15, -0.1) is 10.2 Å². The van der Waals surface area contributed by atoms with Gasteiger partial charge in [0, 0.05) is 0 Å². The van der Waals surface area contributed by atoms with E-state index in [1.807, 2.05) is 13.8 Å². The molecule has 0 amide bonds. The van der Waals surface area contributed by atoms with Gasteiger partial charge in [0.1, 0.15) is 11.0 Å². The Morgan fingerprint density at radius 2 is 1.80 bits per heavy atom. The van der Waals surface area contributed by atoms with Gasteiger partial charge in [0.05, 0.1) is 11.5 Å². The van der Waals surface area contributed by atoms with Crippen LogP contribution in [0.25, 0.3) is 11.0 Å². The van der Waals surface area contributed by atoms with Crippen LogP contribution in [-0.2, 0) is 10.0 Å². The van der Waals surface area contributed by atoms with Crippen molar-refractivity contribution in [2.24, 2.45) is 5.92 Å². The van der Waals surface area contributed by atoms with Crippen LogP contribution in [0.15, 0.2) is 35.7 Å². The van der Waals surface area contributed by atoms with Gasteiger partial charge in [0.25, 0.3) is 10.0 Å². The molecule has 7 heteroatoms. The molecule has 0 saturated heterocycles. The zero-order valence-electron chi connectivity index (χ0n) is 11.3. The monoisotopic (exact) mass is 295 g/mol. The second kappa shape index (κ2) is 5.72. The molecule has 1 unspecified atom stereocenters. The first-order chi connectivity index (χ1) is 9.40. The SMILES string of the molecule is CC(C)C(O)C/C=C/S(=O)(=O)n1nc2ccccc2n1. The van der Waals surface area contributed by atoms with E-state index in [-0.39, 0.29) is 12.3 Å². The van der Waals surface area contributed by atoms with E-state index in [4.69, 9.17) is 0 Å². The highest BCUT2D eigenvalue weighted by atomic mass is 32.2. The van der Waals surface area contributed by atoms with E-state index < -0.39 is 16.1 Å². The molecule has 1 heterocycles. The van der Waals surface area contributed by atoms with Crippen LogP contribution in [0.5, 0.6) is 0 Å². The molecule has 0 fully saturated rings. The Morgan fingerprint density at radius 3 is 2.30 bits per heavy atom. The minimum absolute atomic E-state index is 0.0766. The maximum absolute atomic E-state index is 12.0. The van der Waals surface area contributed by atoms with Crippen molar-refractivity contribution in [3.8, 4) is 0 Å². The van der Waals surface area contributed by atoms with Gasteiger partial charge in [0.15, 0.2) is 0 Å². The molecule has 1 aromatic heterocycles. The van der Waals surface area contributed by atoms with E-state index in [0.29, 0.717) is 15.2 Å². The highest BCUT2D eigenvalue weighted by Crippen LogP contribution is 2.10. The van der Waals surface area contributed by atoms with Gasteiger partial charge in [-0.2, -0.15) is 8.42 Å². The Morgan fingerprint density at radius 1 is 1.25 bits per heavy atom. The van der Waals surface area contributed by atoms with Crippen molar-refractivity contribution in [3.05, 3.63) is 35.7 Å². The Balaban J connectivity index is 2.20. The molecule has 1 N–H and O–H groups in total. The number of hydrogen-bond acceptors (Lipinski definition) is 5. The quantitative estimate of drug-likeness (QED) is 0.904. The second-order valence-corrected chi connectivity index (χ2v) is 6.50. The zero-order chi connectivity index (χ0) is 14.8. The Labute approximate surface area is 117 Å². The summed E-state index contributed by atoms with van der Waals surface area (Å²) < 4.78 is 24.7. The summed E-state index contributed by atoms with van der Waals surface area (Å²) >= 11 is 0. The largest absolute Gasteiger partial charge is 0.393 e. The summed E-state index contributed by atoms with van der Waals surface area (Å²) in [5.41, 5.74) is 1.04. The maximum Gasteiger partial charge on any atom is 0.291 e. The van der Waals surface area contributed by atoms with E-state index in [2.05, 4.69) is 10.2 Å². The fraction of sp³-hybridized carbons (Fsp3) is 0.385. The third-order valence-electron chi connectivity index (χ3n) is 2.91. The number of aromatic nitrogens is 3. The third kappa shape index (κ3) is 3.23. The van der Waals surface area contributed by atoms with Gasteiger partial charge < -0.3 is 5.11 Å². The molecule has 6 nitrogen and oxygen atoms in total. The zero-order valence-corrected chi connectivity index (χ0v) is 12.2. The first-order valence-corrected chi connectivity index (χ1v) is 7.83. The van der Waals surface area contributed by atoms with Crippen molar-refractivity contribution < 1.29 is 13.5 Å². The lowest BCUT2D eigenvalue weighted by molar-refractivity contribution is 0.128. The van der Waals surface area contributed by atoms with Gasteiger partial charge in [-0.3, -0.25) is 0 Å². The van der Waals surface area contributed by atoms with Gasteiger partial charge in [0.2, 0.25) is 0 Å². The molecule has 0 aliphatic heterocycles.